The second-order valence-corrected chi connectivity index (χ2v) is 5.90. The van der Waals surface area contributed by atoms with E-state index < -0.39 is 5.97 Å². The molecule has 1 aromatic heterocycles. The Morgan fingerprint density at radius 2 is 1.70 bits per heavy atom. The number of carbonyl (C=O) groups is 2. The van der Waals surface area contributed by atoms with Crippen molar-refractivity contribution in [3.63, 3.8) is 0 Å². The summed E-state index contributed by atoms with van der Waals surface area (Å²) in [5.74, 6) is 0.0557. The number of Topliss-reactive ketones (excluding diaryl/α,β-unsaturated/α-hetero) is 1. The number of ether oxygens (including phenoxy) is 3. The molecule has 0 aliphatic heterocycles. The lowest BCUT2D eigenvalue weighted by Crippen LogP contribution is -2.15. The fraction of sp³-hybridized carbons (Fsp3) is 0.190. The van der Waals surface area contributed by atoms with E-state index in [4.69, 9.17) is 14.2 Å². The van der Waals surface area contributed by atoms with Crippen molar-refractivity contribution in [2.45, 2.75) is 6.92 Å². The Morgan fingerprint density at radius 3 is 2.44 bits per heavy atom. The number of benzene rings is 2. The number of ketones is 1. The van der Waals surface area contributed by atoms with E-state index in [2.05, 4.69) is 4.98 Å². The maximum absolute atomic E-state index is 12.5. The highest BCUT2D eigenvalue weighted by Gasteiger charge is 2.17. The number of aryl methyl sites for hydroxylation is 1. The number of esters is 1. The molecule has 138 valence electrons. The summed E-state index contributed by atoms with van der Waals surface area (Å²) in [6.45, 7) is 1.43. The summed E-state index contributed by atoms with van der Waals surface area (Å²) in [7, 11) is 3.01. The van der Waals surface area contributed by atoms with Crippen LogP contribution in [0.1, 0.15) is 26.4 Å². The van der Waals surface area contributed by atoms with Crippen molar-refractivity contribution in [3.8, 4) is 11.5 Å². The van der Waals surface area contributed by atoms with Crippen LogP contribution < -0.4 is 9.47 Å². The third-order valence-corrected chi connectivity index (χ3v) is 4.10. The van der Waals surface area contributed by atoms with Gasteiger partial charge in [0.2, 0.25) is 0 Å². The molecule has 0 saturated carbocycles. The van der Waals surface area contributed by atoms with E-state index in [-0.39, 0.29) is 12.4 Å². The van der Waals surface area contributed by atoms with Crippen LogP contribution in [-0.2, 0) is 4.74 Å². The minimum absolute atomic E-state index is 0.334. The summed E-state index contributed by atoms with van der Waals surface area (Å²) in [4.78, 5) is 29.3. The van der Waals surface area contributed by atoms with Crippen LogP contribution in [0.5, 0.6) is 11.5 Å². The smallest absolute Gasteiger partial charge is 0.339 e. The van der Waals surface area contributed by atoms with Gasteiger partial charge in [0.15, 0.2) is 23.9 Å². The highest BCUT2D eigenvalue weighted by atomic mass is 16.5. The summed E-state index contributed by atoms with van der Waals surface area (Å²) < 4.78 is 15.6. The average molecular weight is 365 g/mol. The van der Waals surface area contributed by atoms with Gasteiger partial charge in [-0.3, -0.25) is 9.78 Å². The quantitative estimate of drug-likeness (QED) is 0.491. The van der Waals surface area contributed by atoms with Crippen LogP contribution in [-0.4, -0.2) is 37.6 Å². The van der Waals surface area contributed by atoms with Gasteiger partial charge in [-0.1, -0.05) is 18.2 Å². The van der Waals surface area contributed by atoms with Crippen LogP contribution in [0, 0.1) is 6.92 Å². The van der Waals surface area contributed by atoms with Gasteiger partial charge in [-0.25, -0.2) is 4.79 Å². The zero-order valence-corrected chi connectivity index (χ0v) is 15.3. The SMILES string of the molecule is COc1ccc(C(=O)COC(=O)c2cc(C)nc3ccccc23)cc1OC. The molecule has 0 radical (unpaired) electrons. The van der Waals surface area contributed by atoms with Gasteiger partial charge < -0.3 is 14.2 Å². The second-order valence-electron chi connectivity index (χ2n) is 5.90. The number of hydrogen-bond donors (Lipinski definition) is 0. The molecule has 0 fully saturated rings. The number of hydrogen-bond acceptors (Lipinski definition) is 6. The first-order valence-corrected chi connectivity index (χ1v) is 8.32. The molecule has 0 bridgehead atoms. The Labute approximate surface area is 156 Å². The van der Waals surface area contributed by atoms with Crippen molar-refractivity contribution in [1.82, 2.24) is 4.98 Å². The molecule has 0 unspecified atom stereocenters. The first kappa shape index (κ1) is 18.4. The third-order valence-electron chi connectivity index (χ3n) is 4.10. The molecule has 0 saturated heterocycles. The topological polar surface area (TPSA) is 74.7 Å². The Balaban J connectivity index is 1.77. The fourth-order valence-corrected chi connectivity index (χ4v) is 2.78. The monoisotopic (exact) mass is 365 g/mol. The average Bonchev–Trinajstić information content (AvgIpc) is 2.70. The van der Waals surface area contributed by atoms with E-state index >= 15 is 0 Å². The maximum Gasteiger partial charge on any atom is 0.339 e. The number of fused-ring (bicyclic) bond motifs is 1. The van der Waals surface area contributed by atoms with Gasteiger partial charge >= 0.3 is 5.97 Å². The van der Waals surface area contributed by atoms with E-state index in [9.17, 15) is 9.59 Å². The van der Waals surface area contributed by atoms with Gasteiger partial charge in [0, 0.05) is 16.6 Å². The number of carbonyl (C=O) groups excluding carboxylic acids is 2. The zero-order valence-electron chi connectivity index (χ0n) is 15.3. The van der Waals surface area contributed by atoms with E-state index in [1.54, 1.807) is 37.3 Å². The summed E-state index contributed by atoms with van der Waals surface area (Å²) >= 11 is 0. The normalized spacial score (nSPS) is 10.5. The lowest BCUT2D eigenvalue weighted by atomic mass is 10.1. The van der Waals surface area contributed by atoms with Crippen LogP contribution in [0.25, 0.3) is 10.9 Å². The van der Waals surface area contributed by atoms with E-state index in [1.165, 1.54) is 14.2 Å². The van der Waals surface area contributed by atoms with Crippen molar-refractivity contribution < 1.29 is 23.8 Å². The predicted molar refractivity (Wildman–Crippen MR) is 101 cm³/mol. The number of aromatic nitrogens is 1. The van der Waals surface area contributed by atoms with E-state index in [0.717, 1.165) is 0 Å². The molecule has 0 N–H and O–H groups in total. The fourth-order valence-electron chi connectivity index (χ4n) is 2.78. The lowest BCUT2D eigenvalue weighted by molar-refractivity contribution is 0.0476. The van der Waals surface area contributed by atoms with Crippen molar-refractivity contribution in [2.75, 3.05) is 20.8 Å². The molecule has 3 aromatic rings. The molecule has 0 atom stereocenters. The highest BCUT2D eigenvalue weighted by Crippen LogP contribution is 2.27. The first-order valence-electron chi connectivity index (χ1n) is 8.32. The number of nitrogens with zero attached hydrogens (tertiary/aromatic N) is 1. The first-order chi connectivity index (χ1) is 13.0. The molecule has 0 spiro atoms. The van der Waals surface area contributed by atoms with Crippen LogP contribution in [0.2, 0.25) is 0 Å². The van der Waals surface area contributed by atoms with Crippen molar-refractivity contribution in [2.24, 2.45) is 0 Å². The summed E-state index contributed by atoms with van der Waals surface area (Å²) in [6.07, 6.45) is 0. The largest absolute Gasteiger partial charge is 0.493 e. The van der Waals surface area contributed by atoms with E-state index in [1.807, 2.05) is 18.2 Å². The molecule has 6 heteroatoms. The molecule has 27 heavy (non-hydrogen) atoms. The van der Waals surface area contributed by atoms with Crippen LogP contribution in [0.15, 0.2) is 48.5 Å². The molecule has 2 aromatic carbocycles. The van der Waals surface area contributed by atoms with Crippen molar-refractivity contribution >= 4 is 22.7 Å². The Morgan fingerprint density at radius 1 is 0.963 bits per heavy atom. The molecular weight excluding hydrogens is 346 g/mol. The number of rotatable bonds is 6. The van der Waals surface area contributed by atoms with E-state index in [0.29, 0.717) is 39.2 Å². The molecule has 0 aliphatic carbocycles. The van der Waals surface area contributed by atoms with Crippen molar-refractivity contribution in [1.29, 1.82) is 0 Å². The standard InChI is InChI=1S/C21H19NO5/c1-13-10-16(15-6-4-5-7-17(15)22-13)21(24)27-12-18(23)14-8-9-19(25-2)20(11-14)26-3/h4-11H,12H2,1-3H3. The number of para-hydroxylation sites is 1. The summed E-state index contributed by atoms with van der Waals surface area (Å²) in [5, 5.41) is 0.687. The molecule has 0 amide bonds. The lowest BCUT2D eigenvalue weighted by Gasteiger charge is -2.10. The minimum atomic E-state index is -0.564. The van der Waals surface area contributed by atoms with Gasteiger partial charge in [0.05, 0.1) is 25.3 Å². The van der Waals surface area contributed by atoms with Crippen LogP contribution in [0.4, 0.5) is 0 Å². The predicted octanol–water partition coefficient (Wildman–Crippen LogP) is 3.60. The summed E-state index contributed by atoms with van der Waals surface area (Å²) in [5.41, 5.74) is 2.16. The van der Waals surface area contributed by atoms with Crippen molar-refractivity contribution in [3.05, 3.63) is 65.4 Å². The van der Waals surface area contributed by atoms with Gasteiger partial charge in [-0.05, 0) is 37.3 Å². The Hall–Kier alpha value is -3.41. The zero-order chi connectivity index (χ0) is 19.4. The molecular formula is C21H19NO5. The third kappa shape index (κ3) is 3.89. The minimum Gasteiger partial charge on any atom is -0.493 e. The number of pyridine rings is 1. The molecule has 3 rings (SSSR count). The number of methoxy groups -OCH3 is 2. The van der Waals surface area contributed by atoms with Gasteiger partial charge in [0.25, 0.3) is 0 Å². The molecule has 0 aliphatic rings. The Kier molecular flexibility index (Phi) is 5.35. The molecule has 6 nitrogen and oxygen atoms in total. The van der Waals surface area contributed by atoms with Crippen LogP contribution >= 0.6 is 0 Å². The second kappa shape index (κ2) is 7.86. The summed E-state index contributed by atoms with van der Waals surface area (Å²) in [6, 6.07) is 13.8. The maximum atomic E-state index is 12.5. The van der Waals surface area contributed by atoms with Gasteiger partial charge in [-0.15, -0.1) is 0 Å². The Bertz CT molecular complexity index is 1010. The highest BCUT2D eigenvalue weighted by molar-refractivity contribution is 6.05. The van der Waals surface area contributed by atoms with Gasteiger partial charge in [0.1, 0.15) is 0 Å². The van der Waals surface area contributed by atoms with Gasteiger partial charge in [-0.2, -0.15) is 0 Å². The molecule has 1 heterocycles. The van der Waals surface area contributed by atoms with Crippen LogP contribution in [0.3, 0.4) is 0 Å².